The molecule has 1 saturated heterocycles. The maximum Gasteiger partial charge on any atom is 0.235 e. The third-order valence-corrected chi connectivity index (χ3v) is 11.8. The lowest BCUT2D eigenvalue weighted by molar-refractivity contribution is -0.259. The van der Waals surface area contributed by atoms with Crippen LogP contribution < -0.4 is 0 Å². The number of fused-ring (bicyclic) bond motifs is 1. The third kappa shape index (κ3) is 3.50. The molecule has 31 heavy (non-hydrogen) atoms. The molecule has 0 aliphatic carbocycles. The summed E-state index contributed by atoms with van der Waals surface area (Å²) >= 11 is 1.44. The average molecular weight is 466 g/mol. The van der Waals surface area contributed by atoms with E-state index in [-0.39, 0.29) is 11.6 Å². The van der Waals surface area contributed by atoms with Gasteiger partial charge < -0.3 is 19.0 Å². The third-order valence-electron chi connectivity index (χ3n) is 6.64. The van der Waals surface area contributed by atoms with Gasteiger partial charge in [-0.2, -0.15) is 10.4 Å². The van der Waals surface area contributed by atoms with Crippen LogP contribution in [-0.2, 0) is 19.7 Å². The molecule has 9 nitrogen and oxygen atoms in total. The highest BCUT2D eigenvalue weighted by Gasteiger charge is 2.68. The van der Waals surface area contributed by atoms with Crippen LogP contribution in [0.4, 0.5) is 0 Å². The van der Waals surface area contributed by atoms with Crippen LogP contribution in [0.2, 0.25) is 18.1 Å². The molecule has 0 aromatic carbocycles. The Balaban J connectivity index is 2.21. The van der Waals surface area contributed by atoms with Crippen LogP contribution in [0, 0.1) is 16.7 Å². The summed E-state index contributed by atoms with van der Waals surface area (Å²) in [5.74, 6) is -1.55. The van der Waals surface area contributed by atoms with Gasteiger partial charge in [-0.05, 0) is 31.3 Å². The van der Waals surface area contributed by atoms with Crippen LogP contribution in [0.15, 0.2) is 17.6 Å². The number of thioether (sulfide) groups is 1. The smallest absolute Gasteiger partial charge is 0.235 e. The number of hydrogen-bond donors (Lipinski definition) is 1. The van der Waals surface area contributed by atoms with Crippen LogP contribution in [0.5, 0.6) is 0 Å². The highest BCUT2D eigenvalue weighted by Crippen LogP contribution is 2.56. The Hall–Kier alpha value is -1.55. The topological polar surface area (TPSA) is 115 Å². The normalized spacial score (nSPS) is 29.4. The monoisotopic (exact) mass is 465 g/mol. The highest BCUT2D eigenvalue weighted by molar-refractivity contribution is 7.98. The van der Waals surface area contributed by atoms with E-state index in [4.69, 9.17) is 13.9 Å². The first kappa shape index (κ1) is 24.1. The van der Waals surface area contributed by atoms with Crippen LogP contribution >= 0.6 is 11.8 Å². The second-order valence-corrected chi connectivity index (χ2v) is 15.0. The number of ether oxygens (including phenoxy) is 2. The molecule has 0 spiro atoms. The van der Waals surface area contributed by atoms with Crippen LogP contribution in [-0.4, -0.2) is 65.2 Å². The summed E-state index contributed by atoms with van der Waals surface area (Å²) in [5.41, 5.74) is -0.295. The molecule has 1 aliphatic heterocycles. The molecule has 11 heteroatoms. The average Bonchev–Trinajstić information content (AvgIpc) is 3.25. The van der Waals surface area contributed by atoms with Crippen LogP contribution in [0.25, 0.3) is 5.65 Å². The van der Waals surface area contributed by atoms with Gasteiger partial charge in [-0.25, -0.2) is 14.5 Å². The van der Waals surface area contributed by atoms with Gasteiger partial charge in [0.05, 0.1) is 25.0 Å². The van der Waals surface area contributed by atoms with Gasteiger partial charge >= 0.3 is 0 Å². The summed E-state index contributed by atoms with van der Waals surface area (Å²) in [6.45, 7) is 12.0. The maximum absolute atomic E-state index is 10.4. The quantitative estimate of drug-likeness (QED) is 0.508. The van der Waals surface area contributed by atoms with Gasteiger partial charge in [-0.1, -0.05) is 20.8 Å². The molecule has 0 unspecified atom stereocenters. The molecule has 4 atom stereocenters. The molecule has 1 N–H and O–H groups in total. The Morgan fingerprint density at radius 1 is 1.39 bits per heavy atom. The van der Waals surface area contributed by atoms with E-state index in [1.165, 1.54) is 25.2 Å². The van der Waals surface area contributed by atoms with Crippen molar-refractivity contribution in [2.75, 3.05) is 20.0 Å². The van der Waals surface area contributed by atoms with E-state index in [2.05, 4.69) is 55.0 Å². The molecule has 1 aliphatic rings. The number of aliphatic hydroxyl groups is 1. The fraction of sp³-hybridized carbons (Fsp3) is 0.700. The number of rotatable bonds is 6. The van der Waals surface area contributed by atoms with Crippen molar-refractivity contribution in [2.24, 2.45) is 5.41 Å². The van der Waals surface area contributed by atoms with E-state index in [1.807, 2.05) is 6.26 Å². The molecule has 3 rings (SSSR count). The molecule has 0 bridgehead atoms. The van der Waals surface area contributed by atoms with E-state index in [0.717, 1.165) is 0 Å². The van der Waals surface area contributed by atoms with Crippen LogP contribution in [0.1, 0.15) is 33.4 Å². The maximum atomic E-state index is 10.4. The van der Waals surface area contributed by atoms with Crippen molar-refractivity contribution in [1.29, 1.82) is 5.26 Å². The van der Waals surface area contributed by atoms with Gasteiger partial charge in [0, 0.05) is 7.11 Å². The first-order valence-corrected chi connectivity index (χ1v) is 14.2. The fourth-order valence-corrected chi connectivity index (χ4v) is 5.62. The van der Waals surface area contributed by atoms with E-state index in [9.17, 15) is 10.4 Å². The minimum atomic E-state index is -2.31. The minimum absolute atomic E-state index is 0.0918. The van der Waals surface area contributed by atoms with Gasteiger partial charge in [0.25, 0.3) is 0 Å². The van der Waals surface area contributed by atoms with E-state index < -0.39 is 31.7 Å². The van der Waals surface area contributed by atoms with E-state index in [0.29, 0.717) is 16.4 Å². The summed E-state index contributed by atoms with van der Waals surface area (Å²) in [6.07, 6.45) is 3.45. The van der Waals surface area contributed by atoms with Crippen molar-refractivity contribution < 1.29 is 19.0 Å². The lowest BCUT2D eigenvalue weighted by Gasteiger charge is -2.43. The summed E-state index contributed by atoms with van der Waals surface area (Å²) in [4.78, 5) is 8.72. The van der Waals surface area contributed by atoms with E-state index in [1.54, 1.807) is 17.6 Å². The van der Waals surface area contributed by atoms with Gasteiger partial charge in [-0.3, -0.25) is 0 Å². The molecular formula is C20H31N5O4SSi. The highest BCUT2D eigenvalue weighted by atomic mass is 32.2. The summed E-state index contributed by atoms with van der Waals surface area (Å²) in [7, 11) is -0.830. The molecule has 2 aromatic heterocycles. The second kappa shape index (κ2) is 8.10. The molecule has 0 radical (unpaired) electrons. The molecule has 1 fully saturated rings. The van der Waals surface area contributed by atoms with Crippen molar-refractivity contribution in [3.8, 4) is 6.07 Å². The summed E-state index contributed by atoms with van der Waals surface area (Å²) in [6, 6.07) is 2.40. The molecule has 2 aromatic rings. The predicted octanol–water partition coefficient (Wildman–Crippen LogP) is 2.96. The number of nitrogens with zero attached hydrogens (tertiary/aromatic N) is 5. The van der Waals surface area contributed by atoms with Crippen molar-refractivity contribution in [3.63, 3.8) is 0 Å². The number of hydrogen-bond acceptors (Lipinski definition) is 9. The Labute approximate surface area is 188 Å². The number of methoxy groups -OCH3 is 1. The van der Waals surface area contributed by atoms with Crippen molar-refractivity contribution >= 4 is 25.7 Å². The minimum Gasteiger partial charge on any atom is -0.409 e. The number of imidazole rings is 1. The Kier molecular flexibility index (Phi) is 6.29. The largest absolute Gasteiger partial charge is 0.409 e. The zero-order chi connectivity index (χ0) is 23.2. The van der Waals surface area contributed by atoms with Gasteiger partial charge in [-0.15, -0.1) is 11.8 Å². The molecule has 170 valence electrons. The summed E-state index contributed by atoms with van der Waals surface area (Å²) < 4.78 is 20.5. The van der Waals surface area contributed by atoms with Gasteiger partial charge in [0.15, 0.2) is 14.0 Å². The van der Waals surface area contributed by atoms with Gasteiger partial charge in [0.2, 0.25) is 5.79 Å². The first-order valence-electron chi connectivity index (χ1n) is 10.1. The second-order valence-electron chi connectivity index (χ2n) is 9.42. The van der Waals surface area contributed by atoms with Crippen molar-refractivity contribution in [1.82, 2.24) is 19.6 Å². The van der Waals surface area contributed by atoms with E-state index >= 15 is 0 Å². The number of nitriles is 1. The molecule has 3 heterocycles. The first-order chi connectivity index (χ1) is 14.4. The molecule has 0 saturated carbocycles. The standard InChI is InChI=1S/C20H31N5O4SSi/c1-18(2,3)31(7,8)29-15-13(10-26)28-20(27-5,19(15,4)11-21)14-9-22-16-17(30-6)23-12-24-25(14)16/h9,12-13,15,26H,10H2,1-8H3/t13-,15-,19-,20+/m1/s1. The molecule has 0 amide bonds. The Morgan fingerprint density at radius 3 is 2.58 bits per heavy atom. The Bertz CT molecular complexity index is 1000. The zero-order valence-electron chi connectivity index (χ0n) is 19.3. The summed E-state index contributed by atoms with van der Waals surface area (Å²) in [5, 5.41) is 25.5. The van der Waals surface area contributed by atoms with Gasteiger partial charge in [0.1, 0.15) is 28.6 Å². The number of aliphatic hydroxyl groups excluding tert-OH is 1. The SMILES string of the molecule is CO[C@@]1(c2cnc3c(SC)ncnn23)O[C@H](CO)[C@@H](O[Si](C)(C)C(C)(C)C)[C@@]1(C)C#N. The predicted molar refractivity (Wildman–Crippen MR) is 119 cm³/mol. The van der Waals surface area contributed by atoms with Crippen molar-refractivity contribution in [3.05, 3.63) is 18.2 Å². The number of aromatic nitrogens is 4. The van der Waals surface area contributed by atoms with Crippen molar-refractivity contribution in [2.45, 2.75) is 68.8 Å². The lowest BCUT2D eigenvalue weighted by Crippen LogP contribution is -2.53. The zero-order valence-corrected chi connectivity index (χ0v) is 21.1. The fourth-order valence-electron chi connectivity index (χ4n) is 3.77. The molecular weight excluding hydrogens is 434 g/mol. The lowest BCUT2D eigenvalue weighted by atomic mass is 9.77. The van der Waals surface area contributed by atoms with Crippen LogP contribution in [0.3, 0.4) is 0 Å². The Morgan fingerprint density at radius 2 is 2.06 bits per heavy atom.